The second-order valence-electron chi connectivity index (χ2n) is 5.86. The van der Waals surface area contributed by atoms with Gasteiger partial charge >= 0.3 is 0 Å². The Bertz CT molecular complexity index is 520. The molecule has 0 aromatic carbocycles. The summed E-state index contributed by atoms with van der Waals surface area (Å²) in [6.45, 7) is 6.62. The highest BCUT2D eigenvalue weighted by atomic mass is 15.1. The van der Waals surface area contributed by atoms with Gasteiger partial charge in [-0.3, -0.25) is 0 Å². The number of imidazole rings is 1. The lowest BCUT2D eigenvalue weighted by atomic mass is 9.92. The molecule has 0 aliphatic carbocycles. The molecule has 2 aromatic rings. The van der Waals surface area contributed by atoms with Gasteiger partial charge in [-0.05, 0) is 17.5 Å². The molecule has 0 amide bonds. The summed E-state index contributed by atoms with van der Waals surface area (Å²) in [5.74, 6) is 1.95. The molecule has 0 spiro atoms. The fourth-order valence-corrected chi connectivity index (χ4v) is 1.77. The van der Waals surface area contributed by atoms with E-state index in [1.807, 2.05) is 31.1 Å². The minimum absolute atomic E-state index is 0.234. The highest BCUT2D eigenvalue weighted by molar-refractivity contribution is 5.73. The highest BCUT2D eigenvalue weighted by Crippen LogP contribution is 2.21. The van der Waals surface area contributed by atoms with Crippen LogP contribution in [0.4, 0.5) is 5.82 Å². The quantitative estimate of drug-likeness (QED) is 0.865. The smallest absolute Gasteiger partial charge is 0.179 e. The van der Waals surface area contributed by atoms with Crippen LogP contribution in [0, 0.1) is 5.41 Å². The standard InChI is InChI=1S/C13H20N4/c1-13(2,3)8-10-14-9-6-7-11(17(4)5)16-12(9)15-10/h6-7H,8H2,1-5H3,(H,14,15,16). The van der Waals surface area contributed by atoms with E-state index in [1.54, 1.807) is 0 Å². The van der Waals surface area contributed by atoms with E-state index in [-0.39, 0.29) is 5.41 Å². The third kappa shape index (κ3) is 2.75. The Morgan fingerprint density at radius 1 is 1.18 bits per heavy atom. The van der Waals surface area contributed by atoms with E-state index < -0.39 is 0 Å². The van der Waals surface area contributed by atoms with E-state index in [0.717, 1.165) is 29.2 Å². The summed E-state index contributed by atoms with van der Waals surface area (Å²) in [5, 5.41) is 0. The Morgan fingerprint density at radius 2 is 1.88 bits per heavy atom. The van der Waals surface area contributed by atoms with Crippen LogP contribution in [0.25, 0.3) is 11.2 Å². The van der Waals surface area contributed by atoms with Crippen LogP contribution in [-0.2, 0) is 6.42 Å². The Labute approximate surface area is 102 Å². The molecule has 0 radical (unpaired) electrons. The van der Waals surface area contributed by atoms with Gasteiger partial charge in [0.15, 0.2) is 5.65 Å². The number of anilines is 1. The van der Waals surface area contributed by atoms with Crippen LogP contribution in [0.5, 0.6) is 0 Å². The van der Waals surface area contributed by atoms with E-state index >= 15 is 0 Å². The molecular weight excluding hydrogens is 212 g/mol. The SMILES string of the molecule is CN(C)c1ccc2[nH]c(CC(C)(C)C)nc2n1. The predicted octanol–water partition coefficient (Wildman–Crippen LogP) is 2.61. The largest absolute Gasteiger partial charge is 0.363 e. The molecule has 2 heterocycles. The van der Waals surface area contributed by atoms with Crippen molar-refractivity contribution < 1.29 is 0 Å². The predicted molar refractivity (Wildman–Crippen MR) is 71.4 cm³/mol. The third-order valence-electron chi connectivity index (χ3n) is 2.54. The van der Waals surface area contributed by atoms with Gasteiger partial charge in [-0.25, -0.2) is 9.97 Å². The Kier molecular flexibility index (Phi) is 2.81. The van der Waals surface area contributed by atoms with Gasteiger partial charge in [-0.2, -0.15) is 0 Å². The number of nitrogens with zero attached hydrogens (tertiary/aromatic N) is 3. The molecule has 4 nitrogen and oxygen atoms in total. The second-order valence-corrected chi connectivity index (χ2v) is 5.86. The van der Waals surface area contributed by atoms with Crippen molar-refractivity contribution >= 4 is 17.0 Å². The van der Waals surface area contributed by atoms with Gasteiger partial charge in [0.1, 0.15) is 11.6 Å². The fourth-order valence-electron chi connectivity index (χ4n) is 1.77. The number of H-pyrrole nitrogens is 1. The summed E-state index contributed by atoms with van der Waals surface area (Å²) in [7, 11) is 3.97. The van der Waals surface area contributed by atoms with Gasteiger partial charge in [0.2, 0.25) is 0 Å². The molecule has 0 saturated heterocycles. The number of aromatic amines is 1. The molecule has 92 valence electrons. The average Bonchev–Trinajstić information content (AvgIpc) is 2.54. The molecule has 0 bridgehead atoms. The number of aromatic nitrogens is 3. The van der Waals surface area contributed by atoms with Crippen molar-refractivity contribution in [3.8, 4) is 0 Å². The van der Waals surface area contributed by atoms with Crippen molar-refractivity contribution in [2.24, 2.45) is 5.41 Å². The van der Waals surface area contributed by atoms with Gasteiger partial charge < -0.3 is 9.88 Å². The number of nitrogens with one attached hydrogen (secondary N) is 1. The van der Waals surface area contributed by atoms with Crippen molar-refractivity contribution in [3.63, 3.8) is 0 Å². The maximum atomic E-state index is 4.55. The number of hydrogen-bond donors (Lipinski definition) is 1. The summed E-state index contributed by atoms with van der Waals surface area (Å²) in [4.78, 5) is 14.4. The van der Waals surface area contributed by atoms with Crippen molar-refractivity contribution in [2.75, 3.05) is 19.0 Å². The summed E-state index contributed by atoms with van der Waals surface area (Å²) in [5.41, 5.74) is 2.04. The van der Waals surface area contributed by atoms with E-state index in [4.69, 9.17) is 0 Å². The molecule has 4 heteroatoms. The van der Waals surface area contributed by atoms with E-state index in [2.05, 4.69) is 35.7 Å². The summed E-state index contributed by atoms with van der Waals surface area (Å²) in [6.07, 6.45) is 0.931. The first kappa shape index (κ1) is 11.9. The zero-order valence-corrected chi connectivity index (χ0v) is 11.2. The molecular formula is C13H20N4. The fraction of sp³-hybridized carbons (Fsp3) is 0.538. The lowest BCUT2D eigenvalue weighted by Gasteiger charge is -2.15. The maximum absolute atomic E-state index is 4.55. The first-order chi connectivity index (χ1) is 7.85. The molecule has 0 atom stereocenters. The van der Waals surface area contributed by atoms with Crippen LogP contribution in [0.2, 0.25) is 0 Å². The summed E-state index contributed by atoms with van der Waals surface area (Å²) in [6, 6.07) is 4.04. The number of pyridine rings is 1. The molecule has 0 fully saturated rings. The molecule has 17 heavy (non-hydrogen) atoms. The van der Waals surface area contributed by atoms with Gasteiger partial charge in [-0.1, -0.05) is 20.8 Å². The Morgan fingerprint density at radius 3 is 2.47 bits per heavy atom. The molecule has 0 saturated carbocycles. The minimum atomic E-state index is 0.234. The van der Waals surface area contributed by atoms with Crippen LogP contribution in [0.3, 0.4) is 0 Å². The highest BCUT2D eigenvalue weighted by Gasteiger charge is 2.14. The molecule has 0 aliphatic heterocycles. The number of fused-ring (bicyclic) bond motifs is 1. The molecule has 1 N–H and O–H groups in total. The van der Waals surface area contributed by atoms with E-state index in [9.17, 15) is 0 Å². The zero-order valence-electron chi connectivity index (χ0n) is 11.2. The molecule has 2 rings (SSSR count). The normalized spacial score (nSPS) is 12.1. The second kappa shape index (κ2) is 4.02. The summed E-state index contributed by atoms with van der Waals surface area (Å²) >= 11 is 0. The minimum Gasteiger partial charge on any atom is -0.363 e. The third-order valence-corrected chi connectivity index (χ3v) is 2.54. The van der Waals surface area contributed by atoms with Crippen LogP contribution in [0.15, 0.2) is 12.1 Å². The van der Waals surface area contributed by atoms with Gasteiger partial charge in [0.05, 0.1) is 5.52 Å². The topological polar surface area (TPSA) is 44.8 Å². The van der Waals surface area contributed by atoms with Crippen LogP contribution in [-0.4, -0.2) is 29.0 Å². The lowest BCUT2D eigenvalue weighted by Crippen LogP contribution is -2.10. The maximum Gasteiger partial charge on any atom is 0.179 e. The monoisotopic (exact) mass is 232 g/mol. The Hall–Kier alpha value is -1.58. The molecule has 2 aromatic heterocycles. The van der Waals surface area contributed by atoms with Gasteiger partial charge in [0, 0.05) is 20.5 Å². The summed E-state index contributed by atoms with van der Waals surface area (Å²) < 4.78 is 0. The molecule has 0 unspecified atom stereocenters. The van der Waals surface area contributed by atoms with Crippen molar-refractivity contribution in [2.45, 2.75) is 27.2 Å². The van der Waals surface area contributed by atoms with E-state index in [1.165, 1.54) is 0 Å². The zero-order chi connectivity index (χ0) is 12.6. The number of rotatable bonds is 2. The van der Waals surface area contributed by atoms with E-state index in [0.29, 0.717) is 0 Å². The average molecular weight is 232 g/mol. The van der Waals surface area contributed by atoms with Crippen LogP contribution < -0.4 is 4.90 Å². The number of hydrogen-bond acceptors (Lipinski definition) is 3. The Balaban J connectivity index is 2.37. The van der Waals surface area contributed by atoms with Crippen molar-refractivity contribution in [1.82, 2.24) is 15.0 Å². The van der Waals surface area contributed by atoms with Crippen molar-refractivity contribution in [1.29, 1.82) is 0 Å². The van der Waals surface area contributed by atoms with Crippen LogP contribution in [0.1, 0.15) is 26.6 Å². The van der Waals surface area contributed by atoms with Crippen LogP contribution >= 0.6 is 0 Å². The first-order valence-corrected chi connectivity index (χ1v) is 5.88. The van der Waals surface area contributed by atoms with Gasteiger partial charge in [0.25, 0.3) is 0 Å². The lowest BCUT2D eigenvalue weighted by molar-refractivity contribution is 0.402. The van der Waals surface area contributed by atoms with Gasteiger partial charge in [-0.15, -0.1) is 0 Å². The van der Waals surface area contributed by atoms with Crippen molar-refractivity contribution in [3.05, 3.63) is 18.0 Å². The molecule has 0 aliphatic rings. The first-order valence-electron chi connectivity index (χ1n) is 5.88.